The van der Waals surface area contributed by atoms with E-state index in [1.165, 1.54) is 6.07 Å². The number of morpholine rings is 1. The highest BCUT2D eigenvalue weighted by atomic mass is 19.1. The van der Waals surface area contributed by atoms with Crippen LogP contribution in [-0.4, -0.2) is 37.2 Å². The zero-order valence-corrected chi connectivity index (χ0v) is 15.4. The van der Waals surface area contributed by atoms with Gasteiger partial charge in [-0.15, -0.1) is 0 Å². The molecule has 2 aliphatic rings. The van der Waals surface area contributed by atoms with E-state index >= 15 is 4.39 Å². The molecule has 1 amide bonds. The first-order chi connectivity index (χ1) is 13.4. The lowest BCUT2D eigenvalue weighted by Gasteiger charge is -2.42. The van der Waals surface area contributed by atoms with Crippen molar-refractivity contribution in [2.24, 2.45) is 5.92 Å². The Morgan fingerprint density at radius 3 is 2.64 bits per heavy atom. The average molecular weight is 390 g/mol. The lowest BCUT2D eigenvalue weighted by molar-refractivity contribution is -0.137. The van der Waals surface area contributed by atoms with Gasteiger partial charge in [-0.05, 0) is 35.6 Å². The normalized spacial score (nSPS) is 27.2. The Morgan fingerprint density at radius 1 is 1.18 bits per heavy atom. The molecule has 3 atom stereocenters. The number of amides is 1. The summed E-state index contributed by atoms with van der Waals surface area (Å²) < 4.78 is 47.8. The second-order valence-electron chi connectivity index (χ2n) is 7.58. The molecule has 2 aliphatic heterocycles. The fourth-order valence-electron chi connectivity index (χ4n) is 4.27. The molecule has 4 rings (SSSR count). The number of rotatable bonds is 3. The summed E-state index contributed by atoms with van der Waals surface area (Å²) >= 11 is 0. The predicted octanol–water partition coefficient (Wildman–Crippen LogP) is 2.81. The third-order valence-electron chi connectivity index (χ3n) is 5.79. The van der Waals surface area contributed by atoms with Crippen LogP contribution in [0.1, 0.15) is 12.5 Å². The lowest BCUT2D eigenvalue weighted by Crippen LogP contribution is -2.66. The van der Waals surface area contributed by atoms with E-state index in [0.29, 0.717) is 25.1 Å². The number of carbonyl (C=O) groups excluding carboxylic acids is 1. The average Bonchev–Trinajstić information content (AvgIpc) is 2.91. The molecule has 0 saturated carbocycles. The SMILES string of the molecule is CC1CN[C@@H](Cc2cccc(-c3cc(F)cc(F)c3)c2F)[C@]12COCC(=O)N2. The molecule has 7 heteroatoms. The predicted molar refractivity (Wildman–Crippen MR) is 98.1 cm³/mol. The van der Waals surface area contributed by atoms with E-state index in [1.54, 1.807) is 12.1 Å². The molecule has 2 aromatic rings. The van der Waals surface area contributed by atoms with Crippen LogP contribution in [0.2, 0.25) is 0 Å². The third-order valence-corrected chi connectivity index (χ3v) is 5.79. The third kappa shape index (κ3) is 3.29. The largest absolute Gasteiger partial charge is 0.369 e. The fourth-order valence-corrected chi connectivity index (χ4v) is 4.27. The maximum atomic E-state index is 15.2. The van der Waals surface area contributed by atoms with Crippen molar-refractivity contribution in [1.82, 2.24) is 10.6 Å². The highest BCUT2D eigenvalue weighted by molar-refractivity contribution is 5.79. The van der Waals surface area contributed by atoms with Crippen molar-refractivity contribution in [1.29, 1.82) is 0 Å². The summed E-state index contributed by atoms with van der Waals surface area (Å²) in [5.41, 5.74) is 0.0874. The maximum absolute atomic E-state index is 15.2. The number of carbonyl (C=O) groups is 1. The molecule has 148 valence electrons. The Bertz CT molecular complexity index is 900. The first-order valence-corrected chi connectivity index (χ1v) is 9.25. The van der Waals surface area contributed by atoms with Gasteiger partial charge in [-0.3, -0.25) is 4.79 Å². The minimum atomic E-state index is -0.757. The Labute approximate surface area is 161 Å². The van der Waals surface area contributed by atoms with E-state index in [-0.39, 0.29) is 35.6 Å². The van der Waals surface area contributed by atoms with Crippen LogP contribution in [0, 0.1) is 23.4 Å². The molecule has 0 radical (unpaired) electrons. The van der Waals surface area contributed by atoms with Crippen molar-refractivity contribution in [3.63, 3.8) is 0 Å². The zero-order valence-electron chi connectivity index (χ0n) is 15.4. The van der Waals surface area contributed by atoms with Gasteiger partial charge in [0.2, 0.25) is 5.91 Å². The van der Waals surface area contributed by atoms with Crippen molar-refractivity contribution in [3.05, 3.63) is 59.4 Å². The first-order valence-electron chi connectivity index (χ1n) is 9.25. The number of benzene rings is 2. The standard InChI is InChI=1S/C21H21F3N2O2/c1-12-9-25-18(21(12)11-28-10-19(27)26-21)7-13-3-2-4-17(20(13)24)14-5-15(22)8-16(23)6-14/h2-6,8,12,18,25H,7,9-11H2,1H3,(H,26,27)/t12?,18-,21-/m0/s1. The summed E-state index contributed by atoms with van der Waals surface area (Å²) in [4.78, 5) is 11.9. The molecular formula is C21H21F3N2O2. The monoisotopic (exact) mass is 390 g/mol. The lowest BCUT2D eigenvalue weighted by atomic mass is 9.79. The van der Waals surface area contributed by atoms with E-state index in [0.717, 1.165) is 18.2 Å². The molecule has 2 saturated heterocycles. The van der Waals surface area contributed by atoms with Crippen molar-refractivity contribution >= 4 is 5.91 Å². The summed E-state index contributed by atoms with van der Waals surface area (Å²) in [6.07, 6.45) is 0.311. The second kappa shape index (κ2) is 7.22. The van der Waals surface area contributed by atoms with Crippen molar-refractivity contribution in [2.75, 3.05) is 19.8 Å². The highest BCUT2D eigenvalue weighted by Crippen LogP contribution is 2.33. The summed E-state index contributed by atoms with van der Waals surface area (Å²) in [5, 5.41) is 6.40. The molecule has 4 nitrogen and oxygen atoms in total. The van der Waals surface area contributed by atoms with Crippen LogP contribution in [0.4, 0.5) is 13.2 Å². The number of hydrogen-bond donors (Lipinski definition) is 2. The summed E-state index contributed by atoms with van der Waals surface area (Å²) in [5.74, 6) is -2.10. The molecule has 1 spiro atoms. The second-order valence-corrected chi connectivity index (χ2v) is 7.58. The Morgan fingerprint density at radius 2 is 1.93 bits per heavy atom. The highest BCUT2D eigenvalue weighted by Gasteiger charge is 2.51. The van der Waals surface area contributed by atoms with Gasteiger partial charge < -0.3 is 15.4 Å². The van der Waals surface area contributed by atoms with Gasteiger partial charge in [0.25, 0.3) is 0 Å². The van der Waals surface area contributed by atoms with Crippen molar-refractivity contribution in [3.8, 4) is 11.1 Å². The fraction of sp³-hybridized carbons (Fsp3) is 0.381. The van der Waals surface area contributed by atoms with Crippen molar-refractivity contribution in [2.45, 2.75) is 24.9 Å². The molecule has 0 aromatic heterocycles. The Hall–Kier alpha value is -2.38. The molecule has 0 aliphatic carbocycles. The van der Waals surface area contributed by atoms with Crippen molar-refractivity contribution < 1.29 is 22.7 Å². The summed E-state index contributed by atoms with van der Waals surface area (Å²) in [6.45, 7) is 3.07. The molecule has 1 unspecified atom stereocenters. The van der Waals surface area contributed by atoms with Gasteiger partial charge in [0.1, 0.15) is 24.1 Å². The molecule has 0 bridgehead atoms. The summed E-state index contributed by atoms with van der Waals surface area (Å²) in [6, 6.07) is 7.57. The minimum absolute atomic E-state index is 0.0240. The maximum Gasteiger partial charge on any atom is 0.246 e. The van der Waals surface area contributed by atoms with Gasteiger partial charge in [0, 0.05) is 24.2 Å². The summed E-state index contributed by atoms with van der Waals surface area (Å²) in [7, 11) is 0. The quantitative estimate of drug-likeness (QED) is 0.848. The number of halogens is 3. The van der Waals surface area contributed by atoms with Gasteiger partial charge in [-0.2, -0.15) is 0 Å². The topological polar surface area (TPSA) is 50.4 Å². The van der Waals surface area contributed by atoms with Crippen LogP contribution >= 0.6 is 0 Å². The molecule has 2 N–H and O–H groups in total. The molecule has 2 heterocycles. The number of ether oxygens (including phenoxy) is 1. The van der Waals surface area contributed by atoms with Crippen LogP contribution in [0.5, 0.6) is 0 Å². The molecule has 2 fully saturated rings. The van der Waals surface area contributed by atoms with Crippen LogP contribution in [0.15, 0.2) is 36.4 Å². The van der Waals surface area contributed by atoms with E-state index in [1.807, 2.05) is 6.92 Å². The van der Waals surface area contributed by atoms with Gasteiger partial charge in [-0.1, -0.05) is 25.1 Å². The number of nitrogens with one attached hydrogen (secondary N) is 2. The number of hydrogen-bond acceptors (Lipinski definition) is 3. The van der Waals surface area contributed by atoms with Gasteiger partial charge in [0.15, 0.2) is 0 Å². The smallest absolute Gasteiger partial charge is 0.246 e. The Kier molecular flexibility index (Phi) is 4.89. The van der Waals surface area contributed by atoms with Gasteiger partial charge in [-0.25, -0.2) is 13.2 Å². The van der Waals surface area contributed by atoms with Gasteiger partial charge in [0.05, 0.1) is 12.1 Å². The van der Waals surface area contributed by atoms with Crippen LogP contribution in [-0.2, 0) is 16.0 Å². The molecule has 2 aromatic carbocycles. The van der Waals surface area contributed by atoms with Gasteiger partial charge >= 0.3 is 0 Å². The zero-order chi connectivity index (χ0) is 19.9. The Balaban J connectivity index is 1.66. The molecular weight excluding hydrogens is 369 g/mol. The van der Waals surface area contributed by atoms with E-state index in [4.69, 9.17) is 4.74 Å². The van der Waals surface area contributed by atoms with E-state index in [9.17, 15) is 13.6 Å². The molecule has 28 heavy (non-hydrogen) atoms. The van der Waals surface area contributed by atoms with E-state index < -0.39 is 23.0 Å². The van der Waals surface area contributed by atoms with Crippen LogP contribution in [0.3, 0.4) is 0 Å². The minimum Gasteiger partial charge on any atom is -0.369 e. The van der Waals surface area contributed by atoms with E-state index in [2.05, 4.69) is 10.6 Å². The van der Waals surface area contributed by atoms with Crippen LogP contribution < -0.4 is 10.6 Å². The van der Waals surface area contributed by atoms with Crippen LogP contribution in [0.25, 0.3) is 11.1 Å². The first kappa shape index (κ1) is 19.0.